The summed E-state index contributed by atoms with van der Waals surface area (Å²) in [5, 5.41) is 15.9. The number of hydrogen-bond donors (Lipinski definition) is 2. The summed E-state index contributed by atoms with van der Waals surface area (Å²) >= 11 is 0. The van der Waals surface area contributed by atoms with Crippen molar-refractivity contribution >= 4 is 33.4 Å². The number of benzene rings is 1. The van der Waals surface area contributed by atoms with Gasteiger partial charge in [-0.1, -0.05) is 6.07 Å². The number of H-pyrrole nitrogens is 1. The summed E-state index contributed by atoms with van der Waals surface area (Å²) in [4.78, 5) is 8.55. The highest BCUT2D eigenvalue weighted by Crippen LogP contribution is 2.31. The maximum atomic E-state index is 5.83. The van der Waals surface area contributed by atoms with Crippen LogP contribution in [0.4, 0.5) is 11.5 Å². The molecule has 0 atom stereocenters. The molecule has 0 aliphatic carbocycles. The van der Waals surface area contributed by atoms with Gasteiger partial charge in [0.1, 0.15) is 5.52 Å². The first-order valence-corrected chi connectivity index (χ1v) is 8.40. The van der Waals surface area contributed by atoms with Crippen LogP contribution in [0.5, 0.6) is 11.8 Å². The summed E-state index contributed by atoms with van der Waals surface area (Å²) in [7, 11) is 1.88. The van der Waals surface area contributed by atoms with E-state index in [4.69, 9.17) is 4.74 Å². The minimum absolute atomic E-state index is 0.508. The SMILES string of the molecule is Cn1nc(Oc2ccccn2)c2ccc(Nc3n[nH]c4cccnc34)cc21. The molecule has 1 aromatic carbocycles. The third-order valence-corrected chi connectivity index (χ3v) is 4.24. The van der Waals surface area contributed by atoms with Crippen LogP contribution in [0.15, 0.2) is 60.9 Å². The normalized spacial score (nSPS) is 11.1. The van der Waals surface area contributed by atoms with E-state index in [0.717, 1.165) is 27.6 Å². The van der Waals surface area contributed by atoms with Gasteiger partial charge in [-0.05, 0) is 36.4 Å². The molecule has 0 spiro atoms. The molecule has 8 nitrogen and oxygen atoms in total. The van der Waals surface area contributed by atoms with Crippen molar-refractivity contribution in [1.82, 2.24) is 29.9 Å². The van der Waals surface area contributed by atoms with Crippen LogP contribution < -0.4 is 10.1 Å². The molecule has 27 heavy (non-hydrogen) atoms. The first-order chi connectivity index (χ1) is 13.3. The highest BCUT2D eigenvalue weighted by Gasteiger charge is 2.13. The number of aromatic nitrogens is 6. The number of pyridine rings is 2. The number of hydrogen-bond acceptors (Lipinski definition) is 6. The molecule has 0 aliphatic heterocycles. The minimum Gasteiger partial charge on any atom is -0.418 e. The van der Waals surface area contributed by atoms with E-state index in [1.165, 1.54) is 0 Å². The second-order valence-corrected chi connectivity index (χ2v) is 6.03. The summed E-state index contributed by atoms with van der Waals surface area (Å²) < 4.78 is 7.60. The fourth-order valence-electron chi connectivity index (χ4n) is 2.96. The number of rotatable bonds is 4. The van der Waals surface area contributed by atoms with Crippen LogP contribution in [0.1, 0.15) is 0 Å². The Balaban J connectivity index is 1.50. The van der Waals surface area contributed by atoms with Gasteiger partial charge < -0.3 is 10.1 Å². The molecule has 2 N–H and O–H groups in total. The van der Waals surface area contributed by atoms with Crippen molar-refractivity contribution in [2.24, 2.45) is 7.05 Å². The van der Waals surface area contributed by atoms with Crippen LogP contribution >= 0.6 is 0 Å². The van der Waals surface area contributed by atoms with Crippen molar-refractivity contribution in [3.63, 3.8) is 0 Å². The molecule has 5 rings (SSSR count). The molecule has 0 amide bonds. The topological polar surface area (TPSA) is 93.5 Å². The molecule has 5 aromatic rings. The quantitative estimate of drug-likeness (QED) is 0.508. The number of aryl methyl sites for hydroxylation is 1. The van der Waals surface area contributed by atoms with E-state index in [1.807, 2.05) is 49.5 Å². The highest BCUT2D eigenvalue weighted by molar-refractivity contribution is 5.91. The number of nitrogens with zero attached hydrogens (tertiary/aromatic N) is 5. The Morgan fingerprint density at radius 2 is 1.96 bits per heavy atom. The largest absolute Gasteiger partial charge is 0.418 e. The third-order valence-electron chi connectivity index (χ3n) is 4.24. The highest BCUT2D eigenvalue weighted by atomic mass is 16.5. The summed E-state index contributed by atoms with van der Waals surface area (Å²) in [6.45, 7) is 0. The maximum Gasteiger partial charge on any atom is 0.247 e. The maximum absolute atomic E-state index is 5.83. The molecular weight excluding hydrogens is 342 g/mol. The van der Waals surface area contributed by atoms with Gasteiger partial charge in [0.2, 0.25) is 11.8 Å². The first-order valence-electron chi connectivity index (χ1n) is 8.40. The van der Waals surface area contributed by atoms with Gasteiger partial charge in [-0.2, -0.15) is 5.10 Å². The second kappa shape index (κ2) is 6.10. The Labute approximate surface area is 153 Å². The molecule has 0 unspecified atom stereocenters. The van der Waals surface area contributed by atoms with Crippen LogP contribution in [0.25, 0.3) is 21.9 Å². The Kier molecular flexibility index (Phi) is 3.46. The van der Waals surface area contributed by atoms with Crippen LogP contribution in [0.2, 0.25) is 0 Å². The fraction of sp³-hybridized carbons (Fsp3) is 0.0526. The monoisotopic (exact) mass is 357 g/mol. The molecule has 0 saturated carbocycles. The van der Waals surface area contributed by atoms with E-state index in [9.17, 15) is 0 Å². The molecule has 0 bridgehead atoms. The summed E-state index contributed by atoms with van der Waals surface area (Å²) in [6.07, 6.45) is 3.43. The van der Waals surface area contributed by atoms with Gasteiger partial charge in [-0.3, -0.25) is 14.8 Å². The van der Waals surface area contributed by atoms with Gasteiger partial charge in [0.05, 0.1) is 16.4 Å². The van der Waals surface area contributed by atoms with Gasteiger partial charge in [-0.15, -0.1) is 5.10 Å². The van der Waals surface area contributed by atoms with Crippen molar-refractivity contribution in [2.45, 2.75) is 0 Å². The van der Waals surface area contributed by atoms with E-state index < -0.39 is 0 Å². The van der Waals surface area contributed by atoms with Crippen LogP contribution in [-0.2, 0) is 7.05 Å². The molecule has 0 fully saturated rings. The molecule has 4 heterocycles. The fourth-order valence-corrected chi connectivity index (χ4v) is 2.96. The number of anilines is 2. The van der Waals surface area contributed by atoms with Gasteiger partial charge >= 0.3 is 0 Å². The Bertz CT molecular complexity index is 1240. The predicted molar refractivity (Wildman–Crippen MR) is 102 cm³/mol. The Morgan fingerprint density at radius 3 is 2.85 bits per heavy atom. The van der Waals surface area contributed by atoms with Gasteiger partial charge in [-0.25, -0.2) is 4.98 Å². The molecule has 8 heteroatoms. The molecule has 0 radical (unpaired) electrons. The Hall–Kier alpha value is -3.94. The van der Waals surface area contributed by atoms with E-state index in [0.29, 0.717) is 17.6 Å². The minimum atomic E-state index is 0.508. The lowest BCUT2D eigenvalue weighted by atomic mass is 10.2. The number of nitrogens with one attached hydrogen (secondary N) is 2. The molecule has 0 saturated heterocycles. The lowest BCUT2D eigenvalue weighted by molar-refractivity contribution is 0.441. The van der Waals surface area contributed by atoms with Crippen molar-refractivity contribution in [2.75, 3.05) is 5.32 Å². The average Bonchev–Trinajstić information content (AvgIpc) is 3.24. The molecule has 4 aromatic heterocycles. The summed E-state index contributed by atoms with van der Waals surface area (Å²) in [6, 6.07) is 15.2. The van der Waals surface area contributed by atoms with Crippen molar-refractivity contribution < 1.29 is 4.74 Å². The molecular formula is C19H15N7O. The predicted octanol–water partition coefficient (Wildman–Crippen LogP) is 3.78. The van der Waals surface area contributed by atoms with Crippen LogP contribution in [0.3, 0.4) is 0 Å². The lowest BCUT2D eigenvalue weighted by Crippen LogP contribution is -1.94. The smallest absolute Gasteiger partial charge is 0.247 e. The molecule has 132 valence electrons. The zero-order chi connectivity index (χ0) is 18.2. The third kappa shape index (κ3) is 2.73. The summed E-state index contributed by atoms with van der Waals surface area (Å²) in [5.41, 5.74) is 3.49. The standard InChI is InChI=1S/C19H15N7O/c1-26-15-11-12(22-18-17-14(23-24-18)5-4-10-21-17)7-8-13(15)19(25-26)27-16-6-2-3-9-20-16/h2-11H,1H3,(H2,22,23,24). The van der Waals surface area contributed by atoms with Crippen LogP contribution in [0, 0.1) is 0 Å². The number of fused-ring (bicyclic) bond motifs is 2. The van der Waals surface area contributed by atoms with Crippen molar-refractivity contribution in [3.05, 3.63) is 60.9 Å². The zero-order valence-corrected chi connectivity index (χ0v) is 14.4. The zero-order valence-electron chi connectivity index (χ0n) is 14.4. The van der Waals surface area contributed by atoms with E-state index in [2.05, 4.69) is 30.6 Å². The van der Waals surface area contributed by atoms with Crippen molar-refractivity contribution in [1.29, 1.82) is 0 Å². The second-order valence-electron chi connectivity index (χ2n) is 6.03. The average molecular weight is 357 g/mol. The van der Waals surface area contributed by atoms with E-state index in [1.54, 1.807) is 23.1 Å². The summed E-state index contributed by atoms with van der Waals surface area (Å²) in [5.74, 6) is 1.70. The van der Waals surface area contributed by atoms with Gasteiger partial charge in [0.15, 0.2) is 5.82 Å². The van der Waals surface area contributed by atoms with Crippen LogP contribution in [-0.4, -0.2) is 29.9 Å². The number of ether oxygens (including phenoxy) is 1. The Morgan fingerprint density at radius 1 is 1.04 bits per heavy atom. The van der Waals surface area contributed by atoms with Gasteiger partial charge in [0, 0.05) is 31.2 Å². The first kappa shape index (κ1) is 15.3. The van der Waals surface area contributed by atoms with Crippen molar-refractivity contribution in [3.8, 4) is 11.8 Å². The van der Waals surface area contributed by atoms with Gasteiger partial charge in [0.25, 0.3) is 0 Å². The van der Waals surface area contributed by atoms with E-state index >= 15 is 0 Å². The van der Waals surface area contributed by atoms with E-state index in [-0.39, 0.29) is 0 Å². The molecule has 0 aliphatic rings. The number of aromatic amines is 1. The lowest BCUT2D eigenvalue weighted by Gasteiger charge is -2.04.